The van der Waals surface area contributed by atoms with E-state index < -0.39 is 18.0 Å². The maximum Gasteiger partial charge on any atom is 0.347 e. The first kappa shape index (κ1) is 15.8. The van der Waals surface area contributed by atoms with Crippen LogP contribution in [0.15, 0.2) is 42.5 Å². The number of esters is 2. The summed E-state index contributed by atoms with van der Waals surface area (Å²) in [7, 11) is 0. The van der Waals surface area contributed by atoms with Gasteiger partial charge in [-0.15, -0.1) is 0 Å². The van der Waals surface area contributed by atoms with Gasteiger partial charge < -0.3 is 14.2 Å². The van der Waals surface area contributed by atoms with Gasteiger partial charge in [0.15, 0.2) is 6.10 Å². The zero-order valence-corrected chi connectivity index (χ0v) is 11.6. The van der Waals surface area contributed by atoms with E-state index >= 15 is 0 Å². The van der Waals surface area contributed by atoms with Crippen LogP contribution in [0, 0.1) is 0 Å². The molecule has 5 heteroatoms. The van der Waals surface area contributed by atoms with Gasteiger partial charge in [-0.2, -0.15) is 0 Å². The van der Waals surface area contributed by atoms with Crippen molar-refractivity contribution in [3.8, 4) is 5.75 Å². The maximum atomic E-state index is 11.5. The molecule has 0 saturated heterocycles. The molecule has 1 aromatic rings. The number of para-hydroxylation sites is 1. The number of ether oxygens (including phenoxy) is 3. The molecule has 0 radical (unpaired) electrons. The summed E-state index contributed by atoms with van der Waals surface area (Å²) in [5.74, 6) is -0.465. The summed E-state index contributed by atoms with van der Waals surface area (Å²) in [6.45, 7) is 3.48. The molecule has 1 aromatic carbocycles. The van der Waals surface area contributed by atoms with E-state index in [9.17, 15) is 9.59 Å². The van der Waals surface area contributed by atoms with E-state index in [1.54, 1.807) is 6.92 Å². The number of hydrogen-bond donors (Lipinski definition) is 0. The minimum Gasteiger partial charge on any atom is -0.490 e. The molecular formula is C15H18O5. The lowest BCUT2D eigenvalue weighted by molar-refractivity contribution is -0.164. The van der Waals surface area contributed by atoms with Crippen LogP contribution in [0.25, 0.3) is 0 Å². The van der Waals surface area contributed by atoms with Gasteiger partial charge in [0.1, 0.15) is 19.0 Å². The van der Waals surface area contributed by atoms with Gasteiger partial charge in [-0.25, -0.2) is 9.59 Å². The van der Waals surface area contributed by atoms with Crippen LogP contribution >= 0.6 is 0 Å². The number of carbonyl (C=O) groups excluding carboxylic acids is 2. The van der Waals surface area contributed by atoms with Crippen LogP contribution in [0.5, 0.6) is 5.75 Å². The van der Waals surface area contributed by atoms with Crippen molar-refractivity contribution in [2.24, 2.45) is 0 Å². The number of benzene rings is 1. The summed E-state index contributed by atoms with van der Waals surface area (Å²) in [6, 6.07) is 9.20. The highest BCUT2D eigenvalue weighted by Crippen LogP contribution is 2.07. The fraction of sp³-hybridized carbons (Fsp3) is 0.333. The Balaban J connectivity index is 2.21. The Kier molecular flexibility index (Phi) is 6.89. The zero-order valence-electron chi connectivity index (χ0n) is 11.6. The lowest BCUT2D eigenvalue weighted by Crippen LogP contribution is -2.27. The van der Waals surface area contributed by atoms with Gasteiger partial charge in [0, 0.05) is 6.08 Å². The predicted molar refractivity (Wildman–Crippen MR) is 73.3 cm³/mol. The standard InChI is InChI=1S/C15H18O5/c1-3-7-14(16)20-12(2)15(17)19-11-10-18-13-8-5-4-6-9-13/h3-9,12H,10-11H2,1-2H3/b7-3-. The summed E-state index contributed by atoms with van der Waals surface area (Å²) < 4.78 is 15.1. The third-order valence-corrected chi connectivity index (χ3v) is 2.27. The van der Waals surface area contributed by atoms with E-state index in [2.05, 4.69) is 0 Å². The summed E-state index contributed by atoms with van der Waals surface area (Å²) in [6.07, 6.45) is 1.84. The van der Waals surface area contributed by atoms with Crippen molar-refractivity contribution in [1.82, 2.24) is 0 Å². The van der Waals surface area contributed by atoms with Crippen molar-refractivity contribution in [1.29, 1.82) is 0 Å². The average Bonchev–Trinajstić information content (AvgIpc) is 2.44. The number of hydrogen-bond acceptors (Lipinski definition) is 5. The first-order valence-corrected chi connectivity index (χ1v) is 6.31. The second kappa shape index (κ2) is 8.74. The fourth-order valence-electron chi connectivity index (χ4n) is 1.33. The summed E-state index contributed by atoms with van der Waals surface area (Å²) in [5.41, 5.74) is 0. The first-order valence-electron chi connectivity index (χ1n) is 6.31. The molecule has 1 rings (SSSR count). The summed E-state index contributed by atoms with van der Waals surface area (Å²) in [4.78, 5) is 22.6. The van der Waals surface area contributed by atoms with Crippen molar-refractivity contribution in [2.75, 3.05) is 13.2 Å². The van der Waals surface area contributed by atoms with Crippen LogP contribution in [-0.4, -0.2) is 31.3 Å². The molecule has 20 heavy (non-hydrogen) atoms. The van der Waals surface area contributed by atoms with E-state index in [1.165, 1.54) is 19.1 Å². The van der Waals surface area contributed by atoms with Crippen LogP contribution < -0.4 is 4.74 Å². The maximum absolute atomic E-state index is 11.5. The lowest BCUT2D eigenvalue weighted by Gasteiger charge is -2.12. The molecule has 0 heterocycles. The van der Waals surface area contributed by atoms with Crippen molar-refractivity contribution >= 4 is 11.9 Å². The Morgan fingerprint density at radius 1 is 1.20 bits per heavy atom. The largest absolute Gasteiger partial charge is 0.490 e. The number of allylic oxidation sites excluding steroid dienone is 1. The second-order valence-electron chi connectivity index (χ2n) is 3.91. The highest BCUT2D eigenvalue weighted by molar-refractivity contribution is 5.85. The molecule has 5 nitrogen and oxygen atoms in total. The minimum absolute atomic E-state index is 0.0965. The highest BCUT2D eigenvalue weighted by Gasteiger charge is 2.17. The normalized spacial score (nSPS) is 11.9. The van der Waals surface area contributed by atoms with Gasteiger partial charge in [0.05, 0.1) is 0 Å². The van der Waals surface area contributed by atoms with E-state index in [1.807, 2.05) is 30.3 Å². The smallest absolute Gasteiger partial charge is 0.347 e. The SMILES string of the molecule is C/C=C\C(=O)OC(C)C(=O)OCCOc1ccccc1. The minimum atomic E-state index is -0.935. The average molecular weight is 278 g/mol. The van der Waals surface area contributed by atoms with Crippen molar-refractivity contribution in [3.63, 3.8) is 0 Å². The third kappa shape index (κ3) is 6.04. The summed E-state index contributed by atoms with van der Waals surface area (Å²) >= 11 is 0. The monoisotopic (exact) mass is 278 g/mol. The molecule has 0 aliphatic carbocycles. The molecule has 0 aliphatic rings. The Morgan fingerprint density at radius 2 is 1.90 bits per heavy atom. The van der Waals surface area contributed by atoms with Crippen LogP contribution in [-0.2, 0) is 19.1 Å². The first-order chi connectivity index (χ1) is 9.63. The Morgan fingerprint density at radius 3 is 2.55 bits per heavy atom. The van der Waals surface area contributed by atoms with Crippen molar-refractivity contribution in [2.45, 2.75) is 20.0 Å². The molecule has 0 aromatic heterocycles. The quantitative estimate of drug-likeness (QED) is 0.434. The molecule has 0 bridgehead atoms. The lowest BCUT2D eigenvalue weighted by atomic mass is 10.3. The Hall–Kier alpha value is -2.30. The number of carbonyl (C=O) groups is 2. The fourth-order valence-corrected chi connectivity index (χ4v) is 1.33. The van der Waals surface area contributed by atoms with Crippen LogP contribution in [0.4, 0.5) is 0 Å². The van der Waals surface area contributed by atoms with Crippen LogP contribution in [0.1, 0.15) is 13.8 Å². The zero-order chi connectivity index (χ0) is 14.8. The highest BCUT2D eigenvalue weighted by atomic mass is 16.6. The molecule has 0 aliphatic heterocycles. The predicted octanol–water partition coefficient (Wildman–Crippen LogP) is 2.12. The molecule has 0 fully saturated rings. The van der Waals surface area contributed by atoms with Crippen LogP contribution in [0.3, 0.4) is 0 Å². The third-order valence-electron chi connectivity index (χ3n) is 2.27. The van der Waals surface area contributed by atoms with E-state index in [0.717, 1.165) is 0 Å². The Labute approximate surface area is 118 Å². The van der Waals surface area contributed by atoms with Gasteiger partial charge in [-0.3, -0.25) is 0 Å². The molecule has 0 N–H and O–H groups in total. The van der Waals surface area contributed by atoms with E-state index in [4.69, 9.17) is 14.2 Å². The molecule has 0 saturated carbocycles. The molecular weight excluding hydrogens is 260 g/mol. The molecule has 1 unspecified atom stereocenters. The van der Waals surface area contributed by atoms with Gasteiger partial charge in [-0.1, -0.05) is 24.3 Å². The van der Waals surface area contributed by atoms with Gasteiger partial charge >= 0.3 is 11.9 Å². The summed E-state index contributed by atoms with van der Waals surface area (Å²) in [5, 5.41) is 0. The van der Waals surface area contributed by atoms with E-state index in [-0.39, 0.29) is 13.2 Å². The number of rotatable bonds is 7. The van der Waals surface area contributed by atoms with Gasteiger partial charge in [0.2, 0.25) is 0 Å². The topological polar surface area (TPSA) is 61.8 Å². The molecule has 1 atom stereocenters. The van der Waals surface area contributed by atoms with Crippen molar-refractivity contribution < 1.29 is 23.8 Å². The van der Waals surface area contributed by atoms with Gasteiger partial charge in [-0.05, 0) is 26.0 Å². The molecule has 0 amide bonds. The van der Waals surface area contributed by atoms with E-state index in [0.29, 0.717) is 5.75 Å². The molecule has 108 valence electrons. The Bertz CT molecular complexity index is 453. The van der Waals surface area contributed by atoms with Crippen molar-refractivity contribution in [3.05, 3.63) is 42.5 Å². The van der Waals surface area contributed by atoms with Crippen LogP contribution in [0.2, 0.25) is 0 Å². The van der Waals surface area contributed by atoms with Gasteiger partial charge in [0.25, 0.3) is 0 Å². The second-order valence-corrected chi connectivity index (χ2v) is 3.91. The molecule has 0 spiro atoms.